The van der Waals surface area contributed by atoms with E-state index in [0.717, 1.165) is 25.9 Å². The maximum atomic E-state index is 13.8. The molecule has 0 N–H and O–H groups in total. The zero-order chi connectivity index (χ0) is 13.1. The van der Waals surface area contributed by atoms with Gasteiger partial charge >= 0.3 is 0 Å². The van der Waals surface area contributed by atoms with Gasteiger partial charge in [0.05, 0.1) is 5.02 Å². The van der Waals surface area contributed by atoms with E-state index in [0.29, 0.717) is 12.1 Å². The highest BCUT2D eigenvalue weighted by atomic mass is 35.5. The molecule has 0 bridgehead atoms. The minimum absolute atomic E-state index is 0.0981. The fraction of sp³-hybridized carbons (Fsp3) is 0.500. The van der Waals surface area contributed by atoms with Gasteiger partial charge in [-0.1, -0.05) is 23.7 Å². The lowest BCUT2D eigenvalue weighted by atomic mass is 9.94. The van der Waals surface area contributed by atoms with E-state index in [2.05, 4.69) is 4.90 Å². The van der Waals surface area contributed by atoms with Crippen LogP contribution >= 0.6 is 11.6 Å². The number of likely N-dealkylation sites (tertiary alicyclic amines) is 1. The van der Waals surface area contributed by atoms with Crippen molar-refractivity contribution in [2.45, 2.75) is 26.3 Å². The minimum atomic E-state index is -0.343. The lowest BCUT2D eigenvalue weighted by molar-refractivity contribution is -0.122. The number of piperidine rings is 1. The fourth-order valence-electron chi connectivity index (χ4n) is 2.44. The van der Waals surface area contributed by atoms with Gasteiger partial charge in [-0.3, -0.25) is 9.69 Å². The summed E-state index contributed by atoms with van der Waals surface area (Å²) in [6, 6.07) is 5.06. The topological polar surface area (TPSA) is 20.3 Å². The largest absolute Gasteiger partial charge is 0.300 e. The summed E-state index contributed by atoms with van der Waals surface area (Å²) >= 11 is 5.76. The van der Waals surface area contributed by atoms with Crippen molar-refractivity contribution in [1.82, 2.24) is 4.90 Å². The molecule has 98 valence electrons. The van der Waals surface area contributed by atoms with Gasteiger partial charge in [0.25, 0.3) is 0 Å². The Hall–Kier alpha value is -0.930. The summed E-state index contributed by atoms with van der Waals surface area (Å²) < 4.78 is 13.8. The van der Waals surface area contributed by atoms with Gasteiger partial charge in [-0.05, 0) is 32.4 Å². The number of benzene rings is 1. The van der Waals surface area contributed by atoms with Gasteiger partial charge in [0.1, 0.15) is 11.6 Å². The van der Waals surface area contributed by atoms with Crippen LogP contribution in [-0.2, 0) is 11.3 Å². The summed E-state index contributed by atoms with van der Waals surface area (Å²) in [4.78, 5) is 13.5. The molecule has 4 heteroatoms. The molecule has 2 rings (SSSR count). The normalized spacial score (nSPS) is 20.9. The number of rotatable bonds is 3. The zero-order valence-corrected chi connectivity index (χ0v) is 11.2. The Balaban J connectivity index is 2.05. The van der Waals surface area contributed by atoms with Crippen LogP contribution in [0.15, 0.2) is 18.2 Å². The predicted molar refractivity (Wildman–Crippen MR) is 70.1 cm³/mol. The van der Waals surface area contributed by atoms with Crippen molar-refractivity contribution < 1.29 is 9.18 Å². The van der Waals surface area contributed by atoms with Crippen LogP contribution in [0.3, 0.4) is 0 Å². The summed E-state index contributed by atoms with van der Waals surface area (Å²) in [5, 5.41) is 0.160. The number of hydrogen-bond donors (Lipinski definition) is 0. The van der Waals surface area contributed by atoms with Crippen molar-refractivity contribution in [2.24, 2.45) is 5.92 Å². The molecule has 18 heavy (non-hydrogen) atoms. The van der Waals surface area contributed by atoms with Crippen LogP contribution in [0.1, 0.15) is 25.3 Å². The highest BCUT2D eigenvalue weighted by Gasteiger charge is 2.23. The SMILES string of the molecule is CC(=O)C1CCCN(Cc2cccc(Cl)c2F)C1. The third-order valence-electron chi connectivity index (χ3n) is 3.51. The quantitative estimate of drug-likeness (QED) is 0.839. The second kappa shape index (κ2) is 5.81. The van der Waals surface area contributed by atoms with Gasteiger partial charge in [-0.15, -0.1) is 0 Å². The van der Waals surface area contributed by atoms with Crippen molar-refractivity contribution in [2.75, 3.05) is 13.1 Å². The molecule has 0 aliphatic carbocycles. The molecule has 1 saturated heterocycles. The van der Waals surface area contributed by atoms with Crippen LogP contribution in [0.25, 0.3) is 0 Å². The molecule has 1 aromatic rings. The highest BCUT2D eigenvalue weighted by molar-refractivity contribution is 6.30. The Kier molecular flexibility index (Phi) is 4.36. The van der Waals surface area contributed by atoms with Gasteiger partial charge in [0, 0.05) is 24.6 Å². The smallest absolute Gasteiger partial charge is 0.146 e. The summed E-state index contributed by atoms with van der Waals surface area (Å²) in [5.74, 6) is -0.0172. The monoisotopic (exact) mass is 269 g/mol. The second-order valence-electron chi connectivity index (χ2n) is 4.90. The van der Waals surface area contributed by atoms with E-state index >= 15 is 0 Å². The first-order valence-corrected chi connectivity index (χ1v) is 6.61. The molecule has 1 aliphatic heterocycles. The number of halogens is 2. The molecular formula is C14H17ClFNO. The van der Waals surface area contributed by atoms with Gasteiger partial charge in [-0.25, -0.2) is 4.39 Å². The Labute approximate surface area is 112 Å². The van der Waals surface area contributed by atoms with E-state index in [1.54, 1.807) is 25.1 Å². The highest BCUT2D eigenvalue weighted by Crippen LogP contribution is 2.23. The number of nitrogens with zero attached hydrogens (tertiary/aromatic N) is 1. The third kappa shape index (κ3) is 3.09. The van der Waals surface area contributed by atoms with Crippen LogP contribution in [-0.4, -0.2) is 23.8 Å². The summed E-state index contributed by atoms with van der Waals surface area (Å²) in [6.07, 6.45) is 1.94. The molecule has 0 spiro atoms. The standard InChI is InChI=1S/C14H17ClFNO/c1-10(18)11-5-3-7-17(8-11)9-12-4-2-6-13(15)14(12)16/h2,4,6,11H,3,5,7-9H2,1H3. The maximum absolute atomic E-state index is 13.8. The Morgan fingerprint density at radius 2 is 2.33 bits per heavy atom. The molecule has 1 heterocycles. The second-order valence-corrected chi connectivity index (χ2v) is 5.31. The lowest BCUT2D eigenvalue weighted by Gasteiger charge is -2.31. The van der Waals surface area contributed by atoms with E-state index in [1.165, 1.54) is 0 Å². The van der Waals surface area contributed by atoms with Gasteiger partial charge in [0.15, 0.2) is 0 Å². The van der Waals surface area contributed by atoms with Gasteiger partial charge in [-0.2, -0.15) is 0 Å². The number of ketones is 1. The summed E-state index contributed by atoms with van der Waals surface area (Å²) in [7, 11) is 0. The molecule has 0 aromatic heterocycles. The molecular weight excluding hydrogens is 253 g/mol. The van der Waals surface area contributed by atoms with Crippen LogP contribution in [0.5, 0.6) is 0 Å². The van der Waals surface area contributed by atoms with E-state index < -0.39 is 0 Å². The average Bonchev–Trinajstić information content (AvgIpc) is 2.35. The molecule has 0 saturated carbocycles. The Morgan fingerprint density at radius 1 is 1.56 bits per heavy atom. The zero-order valence-electron chi connectivity index (χ0n) is 10.5. The van der Waals surface area contributed by atoms with Crippen molar-refractivity contribution in [1.29, 1.82) is 0 Å². The molecule has 0 radical (unpaired) electrons. The molecule has 2 nitrogen and oxygen atoms in total. The molecule has 1 aliphatic rings. The third-order valence-corrected chi connectivity index (χ3v) is 3.80. The number of Topliss-reactive ketones (excluding diaryl/α,β-unsaturated/α-hetero) is 1. The number of hydrogen-bond acceptors (Lipinski definition) is 2. The van der Waals surface area contributed by atoms with Crippen molar-refractivity contribution in [3.63, 3.8) is 0 Å². The van der Waals surface area contributed by atoms with E-state index in [4.69, 9.17) is 11.6 Å². The summed E-state index contributed by atoms with van der Waals surface area (Å²) in [6.45, 7) is 3.79. The molecule has 1 atom stereocenters. The van der Waals surface area contributed by atoms with Crippen molar-refractivity contribution in [3.05, 3.63) is 34.6 Å². The van der Waals surface area contributed by atoms with E-state index in [1.807, 2.05) is 0 Å². The summed E-state index contributed by atoms with van der Waals surface area (Å²) in [5.41, 5.74) is 0.603. The van der Waals surface area contributed by atoms with Gasteiger partial charge in [0.2, 0.25) is 0 Å². The molecule has 1 fully saturated rings. The minimum Gasteiger partial charge on any atom is -0.300 e. The fourth-order valence-corrected chi connectivity index (χ4v) is 2.64. The van der Waals surface area contributed by atoms with Crippen LogP contribution in [0.4, 0.5) is 4.39 Å². The van der Waals surface area contributed by atoms with Crippen LogP contribution < -0.4 is 0 Å². The van der Waals surface area contributed by atoms with Crippen molar-refractivity contribution in [3.8, 4) is 0 Å². The van der Waals surface area contributed by atoms with Crippen molar-refractivity contribution >= 4 is 17.4 Å². The Morgan fingerprint density at radius 3 is 3.06 bits per heavy atom. The molecule has 1 unspecified atom stereocenters. The van der Waals surface area contributed by atoms with Crippen LogP contribution in [0, 0.1) is 11.7 Å². The van der Waals surface area contributed by atoms with E-state index in [9.17, 15) is 9.18 Å². The van der Waals surface area contributed by atoms with Crippen LogP contribution in [0.2, 0.25) is 5.02 Å². The van der Waals surface area contributed by atoms with Gasteiger partial charge < -0.3 is 0 Å². The molecule has 1 aromatic carbocycles. The first kappa shape index (κ1) is 13.5. The predicted octanol–water partition coefficient (Wildman–Crippen LogP) is 3.28. The Bertz CT molecular complexity index is 449. The first-order chi connectivity index (χ1) is 8.58. The number of carbonyl (C=O) groups excluding carboxylic acids is 1. The number of carbonyl (C=O) groups is 1. The maximum Gasteiger partial charge on any atom is 0.146 e. The first-order valence-electron chi connectivity index (χ1n) is 6.23. The molecule has 0 amide bonds. The van der Waals surface area contributed by atoms with E-state index in [-0.39, 0.29) is 22.5 Å². The lowest BCUT2D eigenvalue weighted by Crippen LogP contribution is -2.37. The average molecular weight is 270 g/mol.